The largest absolute Gasteiger partial charge is 0.493 e. The summed E-state index contributed by atoms with van der Waals surface area (Å²) in [5.41, 5.74) is 0.769. The monoisotopic (exact) mass is 243 g/mol. The number of benzene rings is 1. The molecule has 1 N–H and O–H groups in total. The Morgan fingerprint density at radius 1 is 1.41 bits per heavy atom. The van der Waals surface area contributed by atoms with Gasteiger partial charge in [-0.1, -0.05) is 6.92 Å². The lowest BCUT2D eigenvalue weighted by atomic mass is 10.1. The zero-order valence-corrected chi connectivity index (χ0v) is 10.3. The Morgan fingerprint density at radius 2 is 2.18 bits per heavy atom. The molecule has 1 unspecified atom stereocenters. The maximum atomic E-state index is 13.2. The average Bonchev–Trinajstić information content (AvgIpc) is 2.31. The molecule has 0 fully saturated rings. The highest BCUT2D eigenvalue weighted by Gasteiger charge is 2.12. The van der Waals surface area contributed by atoms with Crippen molar-refractivity contribution in [3.63, 3.8) is 0 Å². The molecule has 2 nitrogen and oxygen atoms in total. The number of hydrogen-bond acceptors (Lipinski definition) is 2. The van der Waals surface area contributed by atoms with Crippen molar-refractivity contribution >= 4 is 0 Å². The molecule has 17 heavy (non-hydrogen) atoms. The Morgan fingerprint density at radius 3 is 2.82 bits per heavy atom. The van der Waals surface area contributed by atoms with Crippen LogP contribution in [0.2, 0.25) is 0 Å². The van der Waals surface area contributed by atoms with Gasteiger partial charge in [0.05, 0.1) is 13.3 Å². The number of halogens is 2. The molecule has 0 saturated carbocycles. The smallest absolute Gasteiger partial charge is 0.124 e. The number of rotatable bonds is 7. The molecule has 1 aromatic rings. The van der Waals surface area contributed by atoms with Crippen LogP contribution in [-0.4, -0.2) is 19.8 Å². The molecule has 0 aliphatic rings. The molecule has 0 aromatic heterocycles. The van der Waals surface area contributed by atoms with E-state index in [1.165, 1.54) is 12.1 Å². The van der Waals surface area contributed by atoms with Crippen LogP contribution in [0.5, 0.6) is 5.75 Å². The van der Waals surface area contributed by atoms with E-state index in [2.05, 4.69) is 5.32 Å². The highest BCUT2D eigenvalue weighted by atomic mass is 19.1. The minimum atomic E-state index is -0.403. The summed E-state index contributed by atoms with van der Waals surface area (Å²) in [6.45, 7) is 4.63. The van der Waals surface area contributed by atoms with E-state index < -0.39 is 6.67 Å². The van der Waals surface area contributed by atoms with Gasteiger partial charge in [-0.15, -0.1) is 0 Å². The van der Waals surface area contributed by atoms with Crippen molar-refractivity contribution in [2.45, 2.75) is 26.3 Å². The second kappa shape index (κ2) is 7.22. The lowest BCUT2D eigenvalue weighted by Crippen LogP contribution is -2.19. The Bertz CT molecular complexity index is 344. The van der Waals surface area contributed by atoms with Crippen LogP contribution >= 0.6 is 0 Å². The fourth-order valence-corrected chi connectivity index (χ4v) is 1.64. The van der Waals surface area contributed by atoms with Crippen LogP contribution in [0, 0.1) is 5.82 Å². The van der Waals surface area contributed by atoms with Gasteiger partial charge in [0.25, 0.3) is 0 Å². The SMILES string of the molecule is CCNC(C)c1cc(F)ccc1OCCCF. The summed E-state index contributed by atoms with van der Waals surface area (Å²) in [5, 5.41) is 3.20. The predicted molar refractivity (Wildman–Crippen MR) is 64.6 cm³/mol. The summed E-state index contributed by atoms with van der Waals surface area (Å²) in [7, 11) is 0. The van der Waals surface area contributed by atoms with Crippen LogP contribution in [0.1, 0.15) is 31.9 Å². The van der Waals surface area contributed by atoms with Crippen LogP contribution in [0.4, 0.5) is 8.78 Å². The molecule has 0 bridgehead atoms. The third-order valence-electron chi connectivity index (χ3n) is 2.48. The Kier molecular flexibility index (Phi) is 5.91. The first-order chi connectivity index (χ1) is 8.19. The molecule has 1 aromatic carbocycles. The normalized spacial score (nSPS) is 12.5. The van der Waals surface area contributed by atoms with Crippen LogP contribution in [0.15, 0.2) is 18.2 Å². The standard InChI is InChI=1S/C13H19F2NO/c1-3-16-10(2)12-9-11(15)5-6-13(12)17-8-4-7-14/h5-6,9-10,16H,3-4,7-8H2,1-2H3. The van der Waals surface area contributed by atoms with Gasteiger partial charge in [-0.2, -0.15) is 0 Å². The zero-order valence-electron chi connectivity index (χ0n) is 10.3. The van der Waals surface area contributed by atoms with Gasteiger partial charge in [-0.05, 0) is 31.7 Å². The lowest BCUT2D eigenvalue weighted by Gasteiger charge is -2.17. The van der Waals surface area contributed by atoms with E-state index in [-0.39, 0.29) is 11.9 Å². The van der Waals surface area contributed by atoms with Gasteiger partial charge in [-0.25, -0.2) is 4.39 Å². The Hall–Kier alpha value is -1.16. The molecule has 0 saturated heterocycles. The van der Waals surface area contributed by atoms with Gasteiger partial charge in [-0.3, -0.25) is 4.39 Å². The molecular weight excluding hydrogens is 224 g/mol. The van der Waals surface area contributed by atoms with Crippen molar-refractivity contribution in [2.75, 3.05) is 19.8 Å². The van der Waals surface area contributed by atoms with Gasteiger partial charge < -0.3 is 10.1 Å². The second-order valence-electron chi connectivity index (χ2n) is 3.85. The molecule has 4 heteroatoms. The zero-order chi connectivity index (χ0) is 12.7. The minimum absolute atomic E-state index is 0.0103. The van der Waals surface area contributed by atoms with Crippen molar-refractivity contribution in [1.29, 1.82) is 0 Å². The number of hydrogen-bond donors (Lipinski definition) is 1. The maximum absolute atomic E-state index is 13.2. The molecule has 0 radical (unpaired) electrons. The van der Waals surface area contributed by atoms with E-state index in [0.29, 0.717) is 18.8 Å². The molecule has 0 heterocycles. The van der Waals surface area contributed by atoms with Crippen LogP contribution in [-0.2, 0) is 0 Å². The molecule has 0 aliphatic heterocycles. The first kappa shape index (κ1) is 13.9. The first-order valence-corrected chi connectivity index (χ1v) is 5.90. The topological polar surface area (TPSA) is 21.3 Å². The molecule has 1 atom stereocenters. The summed E-state index contributed by atoms with van der Waals surface area (Å²) in [4.78, 5) is 0. The van der Waals surface area contributed by atoms with Crippen LogP contribution < -0.4 is 10.1 Å². The van der Waals surface area contributed by atoms with Gasteiger partial charge in [0.1, 0.15) is 11.6 Å². The van der Waals surface area contributed by atoms with E-state index >= 15 is 0 Å². The molecule has 0 aliphatic carbocycles. The van der Waals surface area contributed by atoms with Gasteiger partial charge >= 0.3 is 0 Å². The molecule has 96 valence electrons. The summed E-state index contributed by atoms with van der Waals surface area (Å²) in [6.07, 6.45) is 0.354. The summed E-state index contributed by atoms with van der Waals surface area (Å²) in [6, 6.07) is 4.41. The van der Waals surface area contributed by atoms with Crippen molar-refractivity contribution < 1.29 is 13.5 Å². The van der Waals surface area contributed by atoms with Gasteiger partial charge in [0.15, 0.2) is 0 Å². The van der Waals surface area contributed by atoms with E-state index in [9.17, 15) is 8.78 Å². The summed E-state index contributed by atoms with van der Waals surface area (Å²) >= 11 is 0. The third-order valence-corrected chi connectivity index (χ3v) is 2.48. The van der Waals surface area contributed by atoms with E-state index in [1.54, 1.807) is 6.07 Å². The van der Waals surface area contributed by atoms with Crippen molar-refractivity contribution in [2.24, 2.45) is 0 Å². The quantitative estimate of drug-likeness (QED) is 0.742. The second-order valence-corrected chi connectivity index (χ2v) is 3.85. The fraction of sp³-hybridized carbons (Fsp3) is 0.538. The lowest BCUT2D eigenvalue weighted by molar-refractivity contribution is 0.284. The predicted octanol–water partition coefficient (Wildman–Crippen LogP) is 3.23. The molecule has 1 rings (SSSR count). The summed E-state index contributed by atoms with van der Waals surface area (Å²) < 4.78 is 30.6. The van der Waals surface area contributed by atoms with Crippen LogP contribution in [0.25, 0.3) is 0 Å². The maximum Gasteiger partial charge on any atom is 0.124 e. The van der Waals surface area contributed by atoms with Crippen molar-refractivity contribution in [1.82, 2.24) is 5.32 Å². The van der Waals surface area contributed by atoms with E-state index in [1.807, 2.05) is 13.8 Å². The fourth-order valence-electron chi connectivity index (χ4n) is 1.64. The third kappa shape index (κ3) is 4.30. The summed E-state index contributed by atoms with van der Waals surface area (Å²) in [5.74, 6) is 0.330. The van der Waals surface area contributed by atoms with E-state index in [0.717, 1.165) is 12.1 Å². The molecular formula is C13H19F2NO. The number of ether oxygens (including phenoxy) is 1. The Balaban J connectivity index is 2.79. The number of alkyl halides is 1. The first-order valence-electron chi connectivity index (χ1n) is 5.90. The van der Waals surface area contributed by atoms with E-state index in [4.69, 9.17) is 4.74 Å². The molecule has 0 spiro atoms. The highest BCUT2D eigenvalue weighted by molar-refractivity contribution is 5.36. The van der Waals surface area contributed by atoms with Crippen molar-refractivity contribution in [3.05, 3.63) is 29.6 Å². The van der Waals surface area contributed by atoms with Crippen molar-refractivity contribution in [3.8, 4) is 5.75 Å². The average molecular weight is 243 g/mol. The molecule has 0 amide bonds. The number of nitrogens with one attached hydrogen (secondary N) is 1. The highest BCUT2D eigenvalue weighted by Crippen LogP contribution is 2.26. The Labute approximate surface area is 101 Å². The van der Waals surface area contributed by atoms with Gasteiger partial charge in [0.2, 0.25) is 0 Å². The van der Waals surface area contributed by atoms with Gasteiger partial charge in [0, 0.05) is 18.0 Å². The minimum Gasteiger partial charge on any atom is -0.493 e. The van der Waals surface area contributed by atoms with Crippen LogP contribution in [0.3, 0.4) is 0 Å².